The molecule has 2 rings (SSSR count). The fourth-order valence-electron chi connectivity index (χ4n) is 1.69. The molecule has 0 spiro atoms. The van der Waals surface area contributed by atoms with Gasteiger partial charge in [-0.3, -0.25) is 4.68 Å². The van der Waals surface area contributed by atoms with Gasteiger partial charge in [0.05, 0.1) is 17.9 Å². The number of benzene rings is 1. The topological polar surface area (TPSA) is 70.1 Å². The molecule has 5 nitrogen and oxygen atoms in total. The lowest BCUT2D eigenvalue weighted by Gasteiger charge is -2.07. The van der Waals surface area contributed by atoms with Gasteiger partial charge in [0, 0.05) is 31.4 Å². The Morgan fingerprint density at radius 1 is 1.40 bits per heavy atom. The Balaban J connectivity index is 1.99. The number of carbonyl (C=O) groups excluding carboxylic acids is 1. The van der Waals surface area contributed by atoms with E-state index in [9.17, 15) is 13.6 Å². The zero-order chi connectivity index (χ0) is 14.7. The van der Waals surface area contributed by atoms with Crippen LogP contribution in [0.15, 0.2) is 24.4 Å². The summed E-state index contributed by atoms with van der Waals surface area (Å²) in [7, 11) is 1.76. The molecule has 0 amide bonds. The number of nitrogens with two attached hydrogens (primary N) is 1. The molecule has 1 heterocycles. The number of aromatic nitrogens is 2. The summed E-state index contributed by atoms with van der Waals surface area (Å²) in [5, 5.41) is 3.96. The second-order valence-corrected chi connectivity index (χ2v) is 4.19. The van der Waals surface area contributed by atoms with Gasteiger partial charge >= 0.3 is 5.97 Å². The number of ether oxygens (including phenoxy) is 1. The van der Waals surface area contributed by atoms with Crippen LogP contribution in [0, 0.1) is 11.6 Å². The van der Waals surface area contributed by atoms with Gasteiger partial charge < -0.3 is 10.5 Å². The van der Waals surface area contributed by atoms with Crippen LogP contribution < -0.4 is 5.73 Å². The van der Waals surface area contributed by atoms with Gasteiger partial charge in [-0.05, 0) is 12.1 Å². The van der Waals surface area contributed by atoms with Crippen LogP contribution in [0.4, 0.5) is 14.5 Å². The number of hydrogen-bond acceptors (Lipinski definition) is 4. The maximum atomic E-state index is 13.5. The van der Waals surface area contributed by atoms with Gasteiger partial charge in [-0.2, -0.15) is 5.10 Å². The number of esters is 1. The van der Waals surface area contributed by atoms with Crippen molar-refractivity contribution in [3.8, 4) is 0 Å². The number of aryl methyl sites for hydroxylation is 1. The predicted octanol–water partition coefficient (Wildman–Crippen LogP) is 1.68. The molecule has 0 aliphatic carbocycles. The van der Waals surface area contributed by atoms with Gasteiger partial charge in [0.25, 0.3) is 0 Å². The number of anilines is 1. The number of nitrogens with zero attached hydrogens (tertiary/aromatic N) is 2. The highest BCUT2D eigenvalue weighted by Crippen LogP contribution is 2.17. The highest BCUT2D eigenvalue weighted by molar-refractivity contribution is 5.90. The molecule has 1 aromatic heterocycles. The van der Waals surface area contributed by atoms with Gasteiger partial charge in [0.15, 0.2) is 0 Å². The summed E-state index contributed by atoms with van der Waals surface area (Å²) in [6, 6.07) is 3.27. The molecule has 0 saturated heterocycles. The number of halogens is 2. The molecule has 0 unspecified atom stereocenters. The Kier molecular flexibility index (Phi) is 3.97. The summed E-state index contributed by atoms with van der Waals surface area (Å²) in [6.07, 6.45) is 2.05. The monoisotopic (exact) mass is 281 g/mol. The zero-order valence-corrected chi connectivity index (χ0v) is 10.8. The van der Waals surface area contributed by atoms with Crippen LogP contribution in [0.1, 0.15) is 16.1 Å². The van der Waals surface area contributed by atoms with Crippen molar-refractivity contribution in [3.05, 3.63) is 47.3 Å². The lowest BCUT2D eigenvalue weighted by Crippen LogP contribution is -2.12. The van der Waals surface area contributed by atoms with Crippen molar-refractivity contribution < 1.29 is 18.3 Å². The van der Waals surface area contributed by atoms with Crippen molar-refractivity contribution in [2.24, 2.45) is 7.05 Å². The smallest absolute Gasteiger partial charge is 0.341 e. The first kappa shape index (κ1) is 14.0. The molecule has 7 heteroatoms. The second kappa shape index (κ2) is 5.68. The summed E-state index contributed by atoms with van der Waals surface area (Å²) >= 11 is 0. The molecule has 1 aromatic carbocycles. The van der Waals surface area contributed by atoms with Gasteiger partial charge in [-0.1, -0.05) is 0 Å². The highest BCUT2D eigenvalue weighted by Gasteiger charge is 2.16. The molecule has 0 aliphatic rings. The van der Waals surface area contributed by atoms with E-state index in [1.54, 1.807) is 24.0 Å². The third-order valence-electron chi connectivity index (χ3n) is 2.82. The van der Waals surface area contributed by atoms with Crippen LogP contribution in [0.5, 0.6) is 0 Å². The molecule has 0 atom stereocenters. The SMILES string of the molecule is Cn1nccc1CCOC(=O)c1cc(F)c(N)cc1F. The van der Waals surface area contributed by atoms with E-state index in [-0.39, 0.29) is 12.3 Å². The van der Waals surface area contributed by atoms with E-state index in [1.165, 1.54) is 0 Å². The van der Waals surface area contributed by atoms with Crippen LogP contribution in [0.25, 0.3) is 0 Å². The van der Waals surface area contributed by atoms with Crippen molar-refractivity contribution in [2.45, 2.75) is 6.42 Å². The Morgan fingerprint density at radius 2 is 2.15 bits per heavy atom. The Labute approximate surface area is 114 Å². The molecule has 2 aromatic rings. The number of hydrogen-bond donors (Lipinski definition) is 1. The van der Waals surface area contributed by atoms with E-state index in [4.69, 9.17) is 10.5 Å². The molecular formula is C13H13F2N3O2. The summed E-state index contributed by atoms with van der Waals surface area (Å²) in [5.74, 6) is -2.69. The van der Waals surface area contributed by atoms with Crippen molar-refractivity contribution >= 4 is 11.7 Å². The maximum absolute atomic E-state index is 13.5. The van der Waals surface area contributed by atoms with E-state index in [0.29, 0.717) is 6.42 Å². The highest BCUT2D eigenvalue weighted by atomic mass is 19.1. The largest absolute Gasteiger partial charge is 0.462 e. The second-order valence-electron chi connectivity index (χ2n) is 4.19. The zero-order valence-electron chi connectivity index (χ0n) is 10.8. The molecule has 20 heavy (non-hydrogen) atoms. The van der Waals surface area contributed by atoms with Gasteiger partial charge in [-0.15, -0.1) is 0 Å². The molecule has 2 N–H and O–H groups in total. The molecular weight excluding hydrogens is 268 g/mol. The van der Waals surface area contributed by atoms with E-state index < -0.39 is 23.2 Å². The average molecular weight is 281 g/mol. The number of rotatable bonds is 4. The van der Waals surface area contributed by atoms with Gasteiger partial charge in [0.2, 0.25) is 0 Å². The van der Waals surface area contributed by atoms with E-state index in [2.05, 4.69) is 5.10 Å². The summed E-state index contributed by atoms with van der Waals surface area (Å²) in [4.78, 5) is 11.7. The summed E-state index contributed by atoms with van der Waals surface area (Å²) < 4.78 is 33.2. The van der Waals surface area contributed by atoms with Crippen molar-refractivity contribution in [3.63, 3.8) is 0 Å². The summed E-state index contributed by atoms with van der Waals surface area (Å²) in [5.41, 5.74) is 5.23. The standard InChI is InChI=1S/C13H13F2N3O2/c1-18-8(2-4-17-18)3-5-20-13(19)9-6-11(15)12(16)7-10(9)14/h2,4,6-7H,3,5,16H2,1H3. The Hall–Kier alpha value is -2.44. The lowest BCUT2D eigenvalue weighted by atomic mass is 10.2. The van der Waals surface area contributed by atoms with Crippen LogP contribution >= 0.6 is 0 Å². The molecule has 0 bridgehead atoms. The minimum absolute atomic E-state index is 0.0454. The lowest BCUT2D eigenvalue weighted by molar-refractivity contribution is 0.0501. The normalized spacial score (nSPS) is 10.6. The van der Waals surface area contributed by atoms with Crippen LogP contribution in [0.2, 0.25) is 0 Å². The minimum Gasteiger partial charge on any atom is -0.462 e. The third-order valence-corrected chi connectivity index (χ3v) is 2.82. The van der Waals surface area contributed by atoms with Gasteiger partial charge in [-0.25, -0.2) is 13.6 Å². The maximum Gasteiger partial charge on any atom is 0.341 e. The molecule has 0 radical (unpaired) electrons. The van der Waals surface area contributed by atoms with Crippen molar-refractivity contribution in [1.29, 1.82) is 0 Å². The first-order valence-electron chi connectivity index (χ1n) is 5.87. The van der Waals surface area contributed by atoms with E-state index in [1.807, 2.05) is 0 Å². The van der Waals surface area contributed by atoms with Crippen molar-refractivity contribution in [2.75, 3.05) is 12.3 Å². The van der Waals surface area contributed by atoms with Crippen LogP contribution in [-0.2, 0) is 18.2 Å². The molecule has 0 saturated carbocycles. The predicted molar refractivity (Wildman–Crippen MR) is 68.0 cm³/mol. The Morgan fingerprint density at radius 3 is 2.80 bits per heavy atom. The fraction of sp³-hybridized carbons (Fsp3) is 0.231. The van der Waals surface area contributed by atoms with Gasteiger partial charge in [0.1, 0.15) is 11.6 Å². The summed E-state index contributed by atoms with van der Waals surface area (Å²) in [6.45, 7) is 0.0454. The molecule has 106 valence electrons. The van der Waals surface area contributed by atoms with E-state index in [0.717, 1.165) is 17.8 Å². The number of nitrogen functional groups attached to an aromatic ring is 1. The quantitative estimate of drug-likeness (QED) is 0.683. The number of carbonyl (C=O) groups is 1. The first-order chi connectivity index (χ1) is 9.49. The Bertz CT molecular complexity index is 641. The van der Waals surface area contributed by atoms with E-state index >= 15 is 0 Å². The molecule has 0 fully saturated rings. The minimum atomic E-state index is -0.927. The van der Waals surface area contributed by atoms with Crippen LogP contribution in [0.3, 0.4) is 0 Å². The molecule has 0 aliphatic heterocycles. The average Bonchev–Trinajstić information content (AvgIpc) is 2.79. The van der Waals surface area contributed by atoms with Crippen LogP contribution in [-0.4, -0.2) is 22.4 Å². The fourth-order valence-corrected chi connectivity index (χ4v) is 1.69. The van der Waals surface area contributed by atoms with Crippen molar-refractivity contribution in [1.82, 2.24) is 9.78 Å². The third kappa shape index (κ3) is 2.93. The first-order valence-corrected chi connectivity index (χ1v) is 5.87.